The Bertz CT molecular complexity index is 1700. The second-order valence-corrected chi connectivity index (χ2v) is 11.7. The Morgan fingerprint density at radius 3 is 2.24 bits per heavy atom. The lowest BCUT2D eigenvalue weighted by atomic mass is 9.82. The number of fused-ring (bicyclic) bond motifs is 1. The van der Waals surface area contributed by atoms with Crippen molar-refractivity contribution in [1.29, 1.82) is 0 Å². The molecule has 10 heteroatoms. The molecule has 3 aliphatic carbocycles. The smallest absolute Gasteiger partial charge is 0.417 e. The van der Waals surface area contributed by atoms with E-state index in [1.807, 2.05) is 54.6 Å². The average Bonchev–Trinajstić information content (AvgIpc) is 3.74. The monoisotopic (exact) mass is 592 g/mol. The first kappa shape index (κ1) is 28.0. The number of carboxylic acid groups (broad SMARTS) is 1. The van der Waals surface area contributed by atoms with Gasteiger partial charge in [0, 0.05) is 11.6 Å². The molecule has 2 aromatic heterocycles. The molecule has 216 valence electrons. The van der Waals surface area contributed by atoms with Crippen molar-refractivity contribution >= 4 is 44.9 Å². The number of nitrogens with one attached hydrogen (secondary N) is 1. The second-order valence-electron chi connectivity index (χ2n) is 10.7. The lowest BCUT2D eigenvalue weighted by Gasteiger charge is -2.23. The van der Waals surface area contributed by atoms with Gasteiger partial charge in [-0.1, -0.05) is 60.2 Å². The molecule has 2 heterocycles. The van der Waals surface area contributed by atoms with E-state index < -0.39 is 29.2 Å². The standard InChI is InChI=1S/C32H27F3N2O4S/c33-32(34,35)24-16-25-26(37-30(40)41-18-19-4-2-1-3-5-19)27(42-28(25)36-17-24)22-8-6-20(7-9-22)21-10-12-23(13-11-21)31(14-15-31)29(38)39/h1-6,8,10,12,16-17H,7,9,11,13-15,18H2,(H,37,40)(H,38,39). The number of halogens is 3. The largest absolute Gasteiger partial charge is 0.481 e. The highest BCUT2D eigenvalue weighted by atomic mass is 32.1. The van der Waals surface area contributed by atoms with Crippen molar-refractivity contribution in [3.63, 3.8) is 0 Å². The number of anilines is 1. The highest BCUT2D eigenvalue weighted by Gasteiger charge is 2.52. The lowest BCUT2D eigenvalue weighted by molar-refractivity contribution is -0.142. The van der Waals surface area contributed by atoms with Crippen LogP contribution in [0.3, 0.4) is 0 Å². The Hall–Kier alpha value is -4.18. The minimum absolute atomic E-state index is 0.0176. The van der Waals surface area contributed by atoms with Gasteiger partial charge in [-0.15, -0.1) is 11.3 Å². The van der Waals surface area contributed by atoms with Crippen molar-refractivity contribution in [3.8, 4) is 0 Å². The average molecular weight is 593 g/mol. The zero-order chi connectivity index (χ0) is 29.5. The van der Waals surface area contributed by atoms with Gasteiger partial charge in [0.1, 0.15) is 11.4 Å². The molecule has 42 heavy (non-hydrogen) atoms. The number of rotatable bonds is 7. The third-order valence-electron chi connectivity index (χ3n) is 8.09. The third-order valence-corrected chi connectivity index (χ3v) is 9.28. The molecule has 0 saturated heterocycles. The molecule has 2 N–H and O–H groups in total. The molecule has 0 unspecified atom stereocenters. The van der Waals surface area contributed by atoms with Crippen molar-refractivity contribution in [3.05, 3.63) is 99.6 Å². The molecule has 6 rings (SSSR count). The number of alkyl halides is 3. The number of aromatic nitrogens is 1. The SMILES string of the molecule is O=C(Nc1c(C2=CC=C(C3=CC=C(C4(C(=O)O)CC4)CC3)CC2)sc2ncc(C(F)(F)F)cc12)OCc1ccccc1. The fourth-order valence-corrected chi connectivity index (χ4v) is 6.68. The molecule has 0 radical (unpaired) electrons. The zero-order valence-electron chi connectivity index (χ0n) is 22.5. The number of nitrogens with zero attached hydrogens (tertiary/aromatic N) is 1. The first-order valence-electron chi connectivity index (χ1n) is 13.7. The van der Waals surface area contributed by atoms with Crippen molar-refractivity contribution in [2.75, 3.05) is 5.32 Å². The molecule has 0 aliphatic heterocycles. The summed E-state index contributed by atoms with van der Waals surface area (Å²) < 4.78 is 45.9. The fraction of sp³-hybridized carbons (Fsp3) is 0.281. The van der Waals surface area contributed by atoms with Gasteiger partial charge < -0.3 is 9.84 Å². The van der Waals surface area contributed by atoms with Crippen LogP contribution in [0.1, 0.15) is 54.5 Å². The molecule has 1 saturated carbocycles. The third kappa shape index (κ3) is 5.51. The molecule has 6 nitrogen and oxygen atoms in total. The summed E-state index contributed by atoms with van der Waals surface area (Å²) in [5.41, 5.74) is 3.63. The summed E-state index contributed by atoms with van der Waals surface area (Å²) in [6.45, 7) is 0.0176. The summed E-state index contributed by atoms with van der Waals surface area (Å²) >= 11 is 1.23. The summed E-state index contributed by atoms with van der Waals surface area (Å²) in [6.07, 6.45) is 7.56. The van der Waals surface area contributed by atoms with E-state index in [0.717, 1.165) is 46.5 Å². The van der Waals surface area contributed by atoms with Gasteiger partial charge in [0.25, 0.3) is 0 Å². The Kier molecular flexibility index (Phi) is 7.26. The number of carboxylic acids is 1. The number of carbonyl (C=O) groups excluding carboxylic acids is 1. The molecule has 0 bridgehead atoms. The first-order valence-corrected chi connectivity index (χ1v) is 14.5. The Balaban J connectivity index is 1.28. The van der Waals surface area contributed by atoms with E-state index in [1.165, 1.54) is 11.3 Å². The molecule has 1 amide bonds. The fourth-order valence-electron chi connectivity index (χ4n) is 5.54. The van der Waals surface area contributed by atoms with E-state index in [0.29, 0.717) is 41.8 Å². The number of pyridine rings is 1. The van der Waals surface area contributed by atoms with Crippen molar-refractivity contribution in [2.24, 2.45) is 5.41 Å². The molecule has 0 atom stereocenters. The van der Waals surface area contributed by atoms with E-state index in [-0.39, 0.29) is 17.7 Å². The summed E-state index contributed by atoms with van der Waals surface area (Å²) in [7, 11) is 0. The molecule has 0 spiro atoms. The van der Waals surface area contributed by atoms with Gasteiger partial charge in [0.2, 0.25) is 0 Å². The van der Waals surface area contributed by atoms with Gasteiger partial charge >= 0.3 is 18.2 Å². The molecular formula is C32H27F3N2O4S. The topological polar surface area (TPSA) is 88.5 Å². The summed E-state index contributed by atoms with van der Waals surface area (Å²) in [5.74, 6) is -0.747. The highest BCUT2D eigenvalue weighted by Crippen LogP contribution is 2.55. The van der Waals surface area contributed by atoms with Crippen LogP contribution in [0.5, 0.6) is 0 Å². The van der Waals surface area contributed by atoms with Crippen LogP contribution in [-0.2, 0) is 22.3 Å². The second kappa shape index (κ2) is 10.9. The van der Waals surface area contributed by atoms with E-state index in [2.05, 4.69) is 10.3 Å². The van der Waals surface area contributed by atoms with Crippen LogP contribution in [0, 0.1) is 5.41 Å². The number of hydrogen-bond acceptors (Lipinski definition) is 5. The summed E-state index contributed by atoms with van der Waals surface area (Å²) in [4.78, 5) is 29.6. The minimum Gasteiger partial charge on any atom is -0.481 e. The summed E-state index contributed by atoms with van der Waals surface area (Å²) in [5, 5.41) is 12.5. The number of aliphatic carboxylic acids is 1. The number of allylic oxidation sites excluding steroid dienone is 7. The maximum absolute atomic E-state index is 13.5. The predicted molar refractivity (Wildman–Crippen MR) is 155 cm³/mol. The lowest BCUT2D eigenvalue weighted by Crippen LogP contribution is -2.18. The van der Waals surface area contributed by atoms with Crippen molar-refractivity contribution in [1.82, 2.24) is 4.98 Å². The molecule has 1 aromatic carbocycles. The Morgan fingerprint density at radius 2 is 1.64 bits per heavy atom. The number of carbonyl (C=O) groups is 2. The maximum atomic E-state index is 13.5. The van der Waals surface area contributed by atoms with Crippen molar-refractivity contribution in [2.45, 2.75) is 51.3 Å². The van der Waals surface area contributed by atoms with Gasteiger partial charge in [0.05, 0.1) is 21.5 Å². The molecular weight excluding hydrogens is 565 g/mol. The molecule has 3 aliphatic rings. The van der Waals surface area contributed by atoms with Gasteiger partial charge in [0.15, 0.2) is 0 Å². The van der Waals surface area contributed by atoms with Crippen LogP contribution in [0.25, 0.3) is 15.8 Å². The number of hydrogen-bond donors (Lipinski definition) is 2. The number of thiophene rings is 1. The molecule has 1 fully saturated rings. The van der Waals surface area contributed by atoms with E-state index >= 15 is 0 Å². The van der Waals surface area contributed by atoms with Crippen molar-refractivity contribution < 1.29 is 32.6 Å². The number of benzene rings is 1. The van der Waals surface area contributed by atoms with Crippen LogP contribution >= 0.6 is 11.3 Å². The minimum atomic E-state index is -4.58. The van der Waals surface area contributed by atoms with E-state index in [9.17, 15) is 27.9 Å². The normalized spacial score (nSPS) is 18.0. The van der Waals surface area contributed by atoms with E-state index in [4.69, 9.17) is 4.74 Å². The first-order chi connectivity index (χ1) is 20.1. The number of ether oxygens (including phenoxy) is 1. The van der Waals surface area contributed by atoms with Crippen LogP contribution in [0.15, 0.2) is 83.6 Å². The Morgan fingerprint density at radius 1 is 0.976 bits per heavy atom. The van der Waals surface area contributed by atoms with Gasteiger partial charge in [-0.25, -0.2) is 9.78 Å². The van der Waals surface area contributed by atoms with Crippen LogP contribution < -0.4 is 5.32 Å². The van der Waals surface area contributed by atoms with Gasteiger partial charge in [-0.2, -0.15) is 13.2 Å². The predicted octanol–water partition coefficient (Wildman–Crippen LogP) is 8.68. The van der Waals surface area contributed by atoms with E-state index in [1.54, 1.807) is 0 Å². The highest BCUT2D eigenvalue weighted by molar-refractivity contribution is 7.20. The van der Waals surface area contributed by atoms with Gasteiger partial charge in [-0.3, -0.25) is 10.1 Å². The maximum Gasteiger partial charge on any atom is 0.417 e. The Labute approximate surface area is 243 Å². The van der Waals surface area contributed by atoms with Crippen LogP contribution in [0.2, 0.25) is 0 Å². The van der Waals surface area contributed by atoms with Crippen LogP contribution in [0.4, 0.5) is 23.7 Å². The quantitative estimate of drug-likeness (QED) is 0.287. The van der Waals surface area contributed by atoms with Gasteiger partial charge in [-0.05, 0) is 66.9 Å². The van der Waals surface area contributed by atoms with Crippen LogP contribution in [-0.4, -0.2) is 22.2 Å². The zero-order valence-corrected chi connectivity index (χ0v) is 23.3. The molecule has 3 aromatic rings. The number of amides is 1. The summed E-state index contributed by atoms with van der Waals surface area (Å²) in [6, 6.07) is 10.1.